The Balaban J connectivity index is 1.48. The monoisotopic (exact) mass is 813 g/mol. The van der Waals surface area contributed by atoms with Gasteiger partial charge in [-0.25, -0.2) is 0 Å². The molecule has 0 radical (unpaired) electrons. The Labute approximate surface area is 324 Å². The smallest absolute Gasteiger partial charge is 0.425 e. The molecule has 2 aliphatic rings. The lowest BCUT2D eigenvalue weighted by Gasteiger charge is -2.49. The number of ether oxygens (including phenoxy) is 2. The van der Waals surface area contributed by atoms with Crippen molar-refractivity contribution in [1.29, 1.82) is 0 Å². The SMILES string of the molecule is CCC[C@H]1N(C(=O)c2cnccc2C(F)(F)F)CCC[C@@]1(Oc1csc(C(F)(F)F)c1)C(=O)N(C)CCC(O)(CC)c1ccccc1O[C@@H]1CC[C@@H](C(=O)O)C1. The van der Waals surface area contributed by atoms with E-state index in [1.54, 1.807) is 38.1 Å². The number of para-hydroxylation sites is 1. The van der Waals surface area contributed by atoms with Crippen LogP contribution in [0.2, 0.25) is 0 Å². The predicted molar refractivity (Wildman–Crippen MR) is 193 cm³/mol. The number of carbonyl (C=O) groups excluding carboxylic acids is 2. The summed E-state index contributed by atoms with van der Waals surface area (Å²) in [5, 5.41) is 22.6. The summed E-state index contributed by atoms with van der Waals surface area (Å²) in [5.74, 6) is -3.16. The van der Waals surface area contributed by atoms with E-state index in [1.165, 1.54) is 11.9 Å². The molecule has 2 N–H and O–H groups in total. The number of piperidine rings is 1. The summed E-state index contributed by atoms with van der Waals surface area (Å²) >= 11 is 0.353. The summed E-state index contributed by atoms with van der Waals surface area (Å²) in [6.45, 7) is 3.31. The number of carboxylic acids is 1. The highest BCUT2D eigenvalue weighted by atomic mass is 32.1. The summed E-state index contributed by atoms with van der Waals surface area (Å²) in [6, 6.07) is 7.00. The first kappa shape index (κ1) is 42.8. The number of alkyl halides is 6. The van der Waals surface area contributed by atoms with Crippen LogP contribution in [0.4, 0.5) is 26.3 Å². The fourth-order valence-electron chi connectivity index (χ4n) is 7.79. The lowest BCUT2D eigenvalue weighted by Crippen LogP contribution is -2.67. The molecule has 306 valence electrons. The number of carbonyl (C=O) groups is 3. The largest absolute Gasteiger partial charge is 0.490 e. The second-order valence-corrected chi connectivity index (χ2v) is 15.3. The molecular formula is C39H45F6N3O7S. The van der Waals surface area contributed by atoms with Crippen LogP contribution in [0.1, 0.15) is 98.0 Å². The van der Waals surface area contributed by atoms with Gasteiger partial charge in [0.05, 0.1) is 34.8 Å². The molecule has 5 rings (SSSR count). The van der Waals surface area contributed by atoms with Gasteiger partial charge in [0.15, 0.2) is 0 Å². The molecule has 1 aromatic carbocycles. The number of likely N-dealkylation sites (tertiary alicyclic amines) is 1. The van der Waals surface area contributed by atoms with Gasteiger partial charge in [-0.3, -0.25) is 19.4 Å². The van der Waals surface area contributed by atoms with Crippen molar-refractivity contribution in [2.75, 3.05) is 20.1 Å². The highest BCUT2D eigenvalue weighted by Gasteiger charge is 2.55. The zero-order valence-corrected chi connectivity index (χ0v) is 32.0. The molecule has 0 bridgehead atoms. The van der Waals surface area contributed by atoms with Gasteiger partial charge in [-0.2, -0.15) is 26.3 Å². The number of aliphatic carboxylic acids is 1. The van der Waals surface area contributed by atoms with Crippen LogP contribution < -0.4 is 9.47 Å². The van der Waals surface area contributed by atoms with Crippen LogP contribution in [0.5, 0.6) is 11.5 Å². The van der Waals surface area contributed by atoms with Crippen LogP contribution in [0.3, 0.4) is 0 Å². The Bertz CT molecular complexity index is 1870. The molecule has 1 unspecified atom stereocenters. The molecule has 2 amide bonds. The normalized spacial score (nSPS) is 22.7. The molecule has 56 heavy (non-hydrogen) atoms. The van der Waals surface area contributed by atoms with Gasteiger partial charge < -0.3 is 29.5 Å². The summed E-state index contributed by atoms with van der Waals surface area (Å²) in [6.07, 6.45) is -6.54. The van der Waals surface area contributed by atoms with Gasteiger partial charge in [-0.15, -0.1) is 11.3 Å². The van der Waals surface area contributed by atoms with Crippen molar-refractivity contribution in [2.24, 2.45) is 5.92 Å². The number of rotatable bonds is 14. The molecule has 0 spiro atoms. The zero-order chi connectivity index (χ0) is 41.1. The fourth-order valence-corrected chi connectivity index (χ4v) is 8.46. The van der Waals surface area contributed by atoms with E-state index >= 15 is 0 Å². The van der Waals surface area contributed by atoms with Crippen molar-refractivity contribution in [2.45, 2.75) is 107 Å². The van der Waals surface area contributed by atoms with Crippen molar-refractivity contribution >= 4 is 29.1 Å². The molecule has 1 saturated heterocycles. The van der Waals surface area contributed by atoms with E-state index in [9.17, 15) is 50.9 Å². The maximum absolute atomic E-state index is 14.9. The topological polar surface area (TPSA) is 130 Å². The molecule has 3 heterocycles. The van der Waals surface area contributed by atoms with E-state index in [1.807, 2.05) is 0 Å². The number of halogens is 6. The second kappa shape index (κ2) is 17.0. The maximum atomic E-state index is 14.9. The van der Waals surface area contributed by atoms with Gasteiger partial charge in [-0.1, -0.05) is 38.5 Å². The first-order valence-corrected chi connectivity index (χ1v) is 19.4. The number of aromatic nitrogens is 1. The van der Waals surface area contributed by atoms with Crippen molar-refractivity contribution in [3.05, 3.63) is 75.7 Å². The third kappa shape index (κ3) is 9.09. The van der Waals surface area contributed by atoms with E-state index in [2.05, 4.69) is 4.98 Å². The Morgan fingerprint density at radius 2 is 1.79 bits per heavy atom. The number of likely N-dealkylation sites (N-methyl/N-ethyl adjacent to an activating group) is 1. The van der Waals surface area contributed by atoms with E-state index < -0.39 is 69.3 Å². The van der Waals surface area contributed by atoms with Crippen LogP contribution in [-0.4, -0.2) is 80.7 Å². The molecule has 17 heteroatoms. The summed E-state index contributed by atoms with van der Waals surface area (Å²) in [5.41, 5.74) is -5.14. The third-order valence-electron chi connectivity index (χ3n) is 10.8. The molecule has 5 atom stereocenters. The fraction of sp³-hybridized carbons (Fsp3) is 0.538. The van der Waals surface area contributed by atoms with Gasteiger partial charge in [0.25, 0.3) is 11.8 Å². The Hall–Kier alpha value is -4.38. The third-order valence-corrected chi connectivity index (χ3v) is 11.7. The molecule has 10 nitrogen and oxygen atoms in total. The Morgan fingerprint density at radius 3 is 2.41 bits per heavy atom. The zero-order valence-electron chi connectivity index (χ0n) is 31.2. The number of thiophene rings is 1. The van der Waals surface area contributed by atoms with Crippen molar-refractivity contribution in [3.8, 4) is 11.5 Å². The van der Waals surface area contributed by atoms with Crippen LogP contribution in [-0.2, 0) is 27.5 Å². The van der Waals surface area contributed by atoms with E-state index in [0.29, 0.717) is 54.4 Å². The van der Waals surface area contributed by atoms with Crippen LogP contribution in [0, 0.1) is 5.92 Å². The van der Waals surface area contributed by atoms with Crippen LogP contribution in [0.15, 0.2) is 54.2 Å². The lowest BCUT2D eigenvalue weighted by molar-refractivity contribution is -0.158. The van der Waals surface area contributed by atoms with Crippen molar-refractivity contribution < 1.29 is 60.4 Å². The minimum Gasteiger partial charge on any atom is -0.490 e. The minimum atomic E-state index is -4.91. The lowest BCUT2D eigenvalue weighted by atomic mass is 9.79. The summed E-state index contributed by atoms with van der Waals surface area (Å²) in [4.78, 5) is 45.6. The summed E-state index contributed by atoms with van der Waals surface area (Å²) in [7, 11) is 1.43. The van der Waals surface area contributed by atoms with Gasteiger partial charge in [0.1, 0.15) is 16.4 Å². The number of benzene rings is 1. The average molecular weight is 814 g/mol. The van der Waals surface area contributed by atoms with Gasteiger partial charge in [0.2, 0.25) is 5.60 Å². The van der Waals surface area contributed by atoms with Gasteiger partial charge in [0, 0.05) is 56.0 Å². The van der Waals surface area contributed by atoms with E-state index in [-0.39, 0.29) is 57.0 Å². The molecule has 1 aliphatic heterocycles. The number of carboxylic acid groups (broad SMARTS) is 1. The predicted octanol–water partition coefficient (Wildman–Crippen LogP) is 8.18. The van der Waals surface area contributed by atoms with E-state index in [4.69, 9.17) is 9.47 Å². The molecule has 2 fully saturated rings. The highest BCUT2D eigenvalue weighted by Crippen LogP contribution is 2.44. The maximum Gasteiger partial charge on any atom is 0.425 e. The van der Waals surface area contributed by atoms with Crippen molar-refractivity contribution in [1.82, 2.24) is 14.8 Å². The molecule has 2 aromatic heterocycles. The molecule has 3 aromatic rings. The number of nitrogens with zero attached hydrogens (tertiary/aromatic N) is 3. The first-order valence-electron chi connectivity index (χ1n) is 18.5. The van der Waals surface area contributed by atoms with Gasteiger partial charge >= 0.3 is 18.3 Å². The number of amides is 2. The quantitative estimate of drug-likeness (QED) is 0.156. The Morgan fingerprint density at radius 1 is 1.05 bits per heavy atom. The van der Waals surface area contributed by atoms with E-state index in [0.717, 1.165) is 28.7 Å². The van der Waals surface area contributed by atoms with Crippen LogP contribution >= 0.6 is 11.3 Å². The molecular weight excluding hydrogens is 768 g/mol. The standard InChI is InChI=1S/C39H45F6N3O7S/c1-4-9-31-37(55-26-21-32(56-23-26)39(43,44)45,15-8-18-48(31)33(49)27-22-46-17-14-28(27)38(40,41)42)35(52)47(3)19-16-36(53,5-2)29-10-6-7-11-30(29)54-25-13-12-24(20-25)34(50)51/h6-7,10-11,14,17,21-25,31,53H,4-5,8-9,12-13,15-16,18-20H2,1-3H3,(H,50,51)/t24-,25-,31-,36?,37+/m1/s1. The van der Waals surface area contributed by atoms with Gasteiger partial charge in [-0.05, 0) is 57.1 Å². The average Bonchev–Trinajstić information content (AvgIpc) is 3.84. The van der Waals surface area contributed by atoms with Crippen molar-refractivity contribution in [3.63, 3.8) is 0 Å². The number of hydrogen-bond donors (Lipinski definition) is 2. The number of aliphatic hydroxyl groups is 1. The number of pyridine rings is 1. The number of hydrogen-bond acceptors (Lipinski definition) is 8. The molecule has 1 saturated carbocycles. The second-order valence-electron chi connectivity index (χ2n) is 14.4. The summed E-state index contributed by atoms with van der Waals surface area (Å²) < 4.78 is 95.8. The van der Waals surface area contributed by atoms with Crippen LogP contribution in [0.25, 0.3) is 0 Å². The Kier molecular flexibility index (Phi) is 13.0. The first-order chi connectivity index (χ1) is 26.3. The minimum absolute atomic E-state index is 0.0486. The molecule has 1 aliphatic carbocycles. The highest BCUT2D eigenvalue weighted by molar-refractivity contribution is 7.10.